The van der Waals surface area contributed by atoms with Crippen molar-refractivity contribution in [1.82, 2.24) is 4.98 Å². The SMILES string of the molecule is CSc1cccc(NC(C)c2ccncc2)c1C(=O)O. The van der Waals surface area contributed by atoms with Crippen molar-refractivity contribution in [3.05, 3.63) is 53.9 Å². The molecule has 0 radical (unpaired) electrons. The highest BCUT2D eigenvalue weighted by Gasteiger charge is 2.16. The van der Waals surface area contributed by atoms with E-state index in [9.17, 15) is 9.90 Å². The van der Waals surface area contributed by atoms with Crippen molar-refractivity contribution in [1.29, 1.82) is 0 Å². The lowest BCUT2D eigenvalue weighted by atomic mass is 10.1. The first kappa shape index (κ1) is 14.4. The standard InChI is InChI=1S/C15H16N2O2S/c1-10(11-6-8-16-9-7-11)17-12-4-3-5-13(20-2)14(12)15(18)19/h3-10,17H,1-2H3,(H,18,19). The minimum Gasteiger partial charge on any atom is -0.478 e. The fourth-order valence-electron chi connectivity index (χ4n) is 2.01. The van der Waals surface area contributed by atoms with Gasteiger partial charge in [-0.2, -0.15) is 0 Å². The van der Waals surface area contributed by atoms with E-state index in [-0.39, 0.29) is 6.04 Å². The van der Waals surface area contributed by atoms with Crippen molar-refractivity contribution in [2.45, 2.75) is 17.9 Å². The highest BCUT2D eigenvalue weighted by Crippen LogP contribution is 2.29. The van der Waals surface area contributed by atoms with Crippen LogP contribution in [0.1, 0.15) is 28.9 Å². The Morgan fingerprint density at radius 1 is 1.30 bits per heavy atom. The Hall–Kier alpha value is -2.01. The van der Waals surface area contributed by atoms with Gasteiger partial charge in [-0.1, -0.05) is 6.07 Å². The molecule has 1 atom stereocenters. The molecular formula is C15H16N2O2S. The van der Waals surface area contributed by atoms with E-state index < -0.39 is 5.97 Å². The molecule has 104 valence electrons. The fraction of sp³-hybridized carbons (Fsp3) is 0.200. The largest absolute Gasteiger partial charge is 0.478 e. The first-order valence-corrected chi connectivity index (χ1v) is 7.42. The zero-order chi connectivity index (χ0) is 14.5. The molecule has 4 nitrogen and oxygen atoms in total. The second kappa shape index (κ2) is 6.43. The van der Waals surface area contributed by atoms with Crippen LogP contribution in [0.2, 0.25) is 0 Å². The summed E-state index contributed by atoms with van der Waals surface area (Å²) in [6, 6.07) is 9.30. The van der Waals surface area contributed by atoms with E-state index in [4.69, 9.17) is 0 Å². The molecule has 20 heavy (non-hydrogen) atoms. The normalized spacial score (nSPS) is 11.9. The molecule has 0 fully saturated rings. The quantitative estimate of drug-likeness (QED) is 0.822. The molecule has 1 aromatic carbocycles. The maximum absolute atomic E-state index is 11.5. The van der Waals surface area contributed by atoms with Gasteiger partial charge in [-0.3, -0.25) is 4.98 Å². The Morgan fingerprint density at radius 2 is 2.00 bits per heavy atom. The summed E-state index contributed by atoms with van der Waals surface area (Å²) < 4.78 is 0. The maximum Gasteiger partial charge on any atom is 0.338 e. The number of nitrogens with one attached hydrogen (secondary N) is 1. The average Bonchev–Trinajstić information content (AvgIpc) is 2.47. The molecule has 0 bridgehead atoms. The summed E-state index contributed by atoms with van der Waals surface area (Å²) in [5.41, 5.74) is 2.01. The zero-order valence-electron chi connectivity index (χ0n) is 11.3. The van der Waals surface area contributed by atoms with Crippen LogP contribution in [-0.4, -0.2) is 22.3 Å². The number of carbonyl (C=O) groups is 1. The maximum atomic E-state index is 11.5. The van der Waals surface area contributed by atoms with Gasteiger partial charge in [0, 0.05) is 23.3 Å². The van der Waals surface area contributed by atoms with Crippen LogP contribution in [0.25, 0.3) is 0 Å². The minimum absolute atomic E-state index is 0.00760. The van der Waals surface area contributed by atoms with Crippen LogP contribution in [0.5, 0.6) is 0 Å². The molecule has 0 spiro atoms. The number of hydrogen-bond donors (Lipinski definition) is 2. The van der Waals surface area contributed by atoms with Crippen molar-refractivity contribution >= 4 is 23.4 Å². The number of pyridine rings is 1. The van der Waals surface area contributed by atoms with E-state index in [1.807, 2.05) is 37.4 Å². The van der Waals surface area contributed by atoms with E-state index in [1.165, 1.54) is 11.8 Å². The Labute approximate surface area is 122 Å². The summed E-state index contributed by atoms with van der Waals surface area (Å²) in [5, 5.41) is 12.7. The Morgan fingerprint density at radius 3 is 2.60 bits per heavy atom. The van der Waals surface area contributed by atoms with E-state index in [0.717, 1.165) is 10.5 Å². The van der Waals surface area contributed by atoms with Crippen LogP contribution in [0, 0.1) is 0 Å². The number of anilines is 1. The molecule has 5 heteroatoms. The van der Waals surface area contributed by atoms with Gasteiger partial charge in [-0.05, 0) is 43.0 Å². The summed E-state index contributed by atoms with van der Waals surface area (Å²) in [5.74, 6) is -0.917. The van der Waals surface area contributed by atoms with Gasteiger partial charge < -0.3 is 10.4 Å². The molecular weight excluding hydrogens is 272 g/mol. The number of aromatic carboxylic acids is 1. The molecule has 1 heterocycles. The van der Waals surface area contributed by atoms with Crippen LogP contribution in [0.3, 0.4) is 0 Å². The Kier molecular flexibility index (Phi) is 4.63. The van der Waals surface area contributed by atoms with Gasteiger partial charge >= 0.3 is 5.97 Å². The van der Waals surface area contributed by atoms with E-state index >= 15 is 0 Å². The van der Waals surface area contributed by atoms with Gasteiger partial charge in [0.1, 0.15) is 0 Å². The van der Waals surface area contributed by atoms with E-state index in [2.05, 4.69) is 10.3 Å². The number of carboxylic acid groups (broad SMARTS) is 1. The summed E-state index contributed by atoms with van der Waals surface area (Å²) >= 11 is 1.43. The molecule has 1 unspecified atom stereocenters. The molecule has 0 saturated heterocycles. The number of thioether (sulfide) groups is 1. The lowest BCUT2D eigenvalue weighted by Gasteiger charge is -2.18. The molecule has 2 aromatic rings. The predicted molar refractivity (Wildman–Crippen MR) is 81.5 cm³/mol. The first-order valence-electron chi connectivity index (χ1n) is 6.20. The number of rotatable bonds is 5. The van der Waals surface area contributed by atoms with E-state index in [0.29, 0.717) is 11.3 Å². The second-order valence-electron chi connectivity index (χ2n) is 4.33. The smallest absolute Gasteiger partial charge is 0.338 e. The fourth-order valence-corrected chi connectivity index (χ4v) is 2.63. The summed E-state index contributed by atoms with van der Waals surface area (Å²) in [6.45, 7) is 1.99. The van der Waals surface area contributed by atoms with Crippen molar-refractivity contribution in [2.75, 3.05) is 11.6 Å². The highest BCUT2D eigenvalue weighted by molar-refractivity contribution is 7.98. The number of carboxylic acids is 1. The van der Waals surface area contributed by atoms with Gasteiger partial charge in [0.15, 0.2) is 0 Å². The molecule has 0 aliphatic heterocycles. The minimum atomic E-state index is -0.917. The lowest BCUT2D eigenvalue weighted by Crippen LogP contribution is -2.11. The molecule has 0 amide bonds. The molecule has 0 aliphatic carbocycles. The molecule has 2 N–H and O–H groups in total. The van der Waals surface area contributed by atoms with Crippen LogP contribution < -0.4 is 5.32 Å². The lowest BCUT2D eigenvalue weighted by molar-refractivity contribution is 0.0694. The van der Waals surface area contributed by atoms with Crippen molar-refractivity contribution in [2.24, 2.45) is 0 Å². The van der Waals surface area contributed by atoms with Gasteiger partial charge in [0.05, 0.1) is 11.3 Å². The van der Waals surface area contributed by atoms with Crippen LogP contribution >= 0.6 is 11.8 Å². The molecule has 0 saturated carbocycles. The monoisotopic (exact) mass is 288 g/mol. The highest BCUT2D eigenvalue weighted by atomic mass is 32.2. The molecule has 2 rings (SSSR count). The Bertz CT molecular complexity index is 602. The van der Waals surface area contributed by atoms with Gasteiger partial charge in [0.2, 0.25) is 0 Å². The third kappa shape index (κ3) is 3.11. The third-order valence-electron chi connectivity index (χ3n) is 3.04. The molecule has 1 aromatic heterocycles. The number of benzene rings is 1. The first-order chi connectivity index (χ1) is 9.63. The predicted octanol–water partition coefficient (Wildman–Crippen LogP) is 3.67. The number of hydrogen-bond acceptors (Lipinski definition) is 4. The van der Waals surface area contributed by atoms with Crippen molar-refractivity contribution in [3.8, 4) is 0 Å². The van der Waals surface area contributed by atoms with Gasteiger partial charge in [-0.25, -0.2) is 4.79 Å². The number of nitrogens with zero attached hydrogens (tertiary/aromatic N) is 1. The average molecular weight is 288 g/mol. The summed E-state index contributed by atoms with van der Waals surface area (Å²) in [6.07, 6.45) is 5.33. The van der Waals surface area contributed by atoms with Gasteiger partial charge in [0.25, 0.3) is 0 Å². The van der Waals surface area contributed by atoms with Crippen LogP contribution in [-0.2, 0) is 0 Å². The summed E-state index contributed by atoms with van der Waals surface area (Å²) in [7, 11) is 0. The van der Waals surface area contributed by atoms with Crippen molar-refractivity contribution in [3.63, 3.8) is 0 Å². The third-order valence-corrected chi connectivity index (χ3v) is 3.82. The van der Waals surface area contributed by atoms with Crippen LogP contribution in [0.15, 0.2) is 47.6 Å². The van der Waals surface area contributed by atoms with E-state index in [1.54, 1.807) is 18.5 Å². The molecule has 0 aliphatic rings. The van der Waals surface area contributed by atoms with Crippen LogP contribution in [0.4, 0.5) is 5.69 Å². The van der Waals surface area contributed by atoms with Gasteiger partial charge in [-0.15, -0.1) is 11.8 Å². The zero-order valence-corrected chi connectivity index (χ0v) is 12.1. The Balaban J connectivity index is 2.32. The topological polar surface area (TPSA) is 62.2 Å². The second-order valence-corrected chi connectivity index (χ2v) is 5.18. The number of aromatic nitrogens is 1. The van der Waals surface area contributed by atoms with Crippen molar-refractivity contribution < 1.29 is 9.90 Å². The summed E-state index contributed by atoms with van der Waals surface area (Å²) in [4.78, 5) is 16.2.